The molecule has 1 N–H and O–H groups in total. The molecule has 1 fully saturated rings. The Bertz CT molecular complexity index is 623. The average Bonchev–Trinajstić information content (AvgIpc) is 2.50. The summed E-state index contributed by atoms with van der Waals surface area (Å²) in [5.74, 6) is 0. The van der Waals surface area contributed by atoms with Crippen LogP contribution in [0.4, 0.5) is 39.5 Å². The molecule has 1 saturated heterocycles. The van der Waals surface area contributed by atoms with Crippen molar-refractivity contribution >= 4 is 24.8 Å². The van der Waals surface area contributed by atoms with Gasteiger partial charge in [-0.05, 0) is 23.8 Å². The van der Waals surface area contributed by atoms with Gasteiger partial charge in [0.25, 0.3) is 0 Å². The van der Waals surface area contributed by atoms with Crippen molar-refractivity contribution in [2.24, 2.45) is 0 Å². The fourth-order valence-electron chi connectivity index (χ4n) is 2.92. The molecule has 28 heavy (non-hydrogen) atoms. The predicted octanol–water partition coefficient (Wildman–Crippen LogP) is 5.47. The van der Waals surface area contributed by atoms with Gasteiger partial charge < -0.3 is 5.32 Å². The van der Waals surface area contributed by atoms with Crippen molar-refractivity contribution in [3.8, 4) is 0 Å². The van der Waals surface area contributed by atoms with E-state index in [4.69, 9.17) is 0 Å². The zero-order chi connectivity index (χ0) is 19.8. The van der Waals surface area contributed by atoms with Crippen LogP contribution in [0, 0.1) is 0 Å². The van der Waals surface area contributed by atoms with E-state index < -0.39 is 47.7 Å². The number of hydrogen-bond acceptors (Lipinski definition) is 2. The molecule has 1 heterocycles. The van der Waals surface area contributed by atoms with E-state index in [9.17, 15) is 39.5 Å². The van der Waals surface area contributed by atoms with Crippen LogP contribution in [0.5, 0.6) is 0 Å². The Morgan fingerprint density at radius 2 is 1.39 bits per heavy atom. The summed E-state index contributed by atoms with van der Waals surface area (Å²) in [7, 11) is 0. The van der Waals surface area contributed by atoms with Gasteiger partial charge >= 0.3 is 18.5 Å². The molecule has 1 aliphatic rings. The summed E-state index contributed by atoms with van der Waals surface area (Å²) < 4.78 is 117. The summed E-state index contributed by atoms with van der Waals surface area (Å²) in [6.45, 7) is 0.450. The average molecular weight is 467 g/mol. The van der Waals surface area contributed by atoms with Crippen molar-refractivity contribution in [3.05, 3.63) is 34.9 Å². The highest BCUT2D eigenvalue weighted by Crippen LogP contribution is 2.43. The standard InChI is InChI=1S/C15H15F9N2.2ClH/c16-13(17,18)8-12(26-5-3-25-4-6-26)10-7-9(14(19,20)21)1-2-11(10)15(22,23)24;;/h1-2,7,12,25H,3-6,8H2;2*1H/t12-;;/m1../s1. The molecule has 0 saturated carbocycles. The lowest BCUT2D eigenvalue weighted by atomic mass is 9.93. The van der Waals surface area contributed by atoms with E-state index in [1.165, 1.54) is 0 Å². The Hall–Kier alpha value is -0.910. The fraction of sp³-hybridized carbons (Fsp3) is 0.600. The third-order valence-corrected chi connectivity index (χ3v) is 4.06. The predicted molar refractivity (Wildman–Crippen MR) is 88.8 cm³/mol. The maximum Gasteiger partial charge on any atom is 0.416 e. The lowest BCUT2D eigenvalue weighted by molar-refractivity contribution is -0.153. The van der Waals surface area contributed by atoms with E-state index >= 15 is 0 Å². The Balaban J connectivity index is 0.00000364. The van der Waals surface area contributed by atoms with Crippen LogP contribution in [0.15, 0.2) is 18.2 Å². The molecule has 1 atom stereocenters. The van der Waals surface area contributed by atoms with E-state index in [-0.39, 0.29) is 69.2 Å². The van der Waals surface area contributed by atoms with Gasteiger partial charge in [0.2, 0.25) is 0 Å². The van der Waals surface area contributed by atoms with Crippen LogP contribution < -0.4 is 5.32 Å². The first-order valence-electron chi connectivity index (χ1n) is 7.59. The number of nitrogens with one attached hydrogen (secondary N) is 1. The van der Waals surface area contributed by atoms with Gasteiger partial charge in [-0.15, -0.1) is 24.8 Å². The molecule has 0 aliphatic carbocycles. The monoisotopic (exact) mass is 466 g/mol. The zero-order valence-electron chi connectivity index (χ0n) is 14.0. The van der Waals surface area contributed by atoms with E-state index in [2.05, 4.69) is 5.32 Å². The summed E-state index contributed by atoms with van der Waals surface area (Å²) >= 11 is 0. The van der Waals surface area contributed by atoms with Gasteiger partial charge in [0, 0.05) is 32.2 Å². The summed E-state index contributed by atoms with van der Waals surface area (Å²) in [6.07, 6.45) is -16.5. The lowest BCUT2D eigenvalue weighted by Crippen LogP contribution is -2.46. The fourth-order valence-corrected chi connectivity index (χ4v) is 2.92. The summed E-state index contributed by atoms with van der Waals surface area (Å²) in [5.41, 5.74) is -3.91. The Morgan fingerprint density at radius 3 is 1.82 bits per heavy atom. The summed E-state index contributed by atoms with van der Waals surface area (Å²) in [5, 5.41) is 2.84. The first-order valence-corrected chi connectivity index (χ1v) is 7.59. The van der Waals surface area contributed by atoms with E-state index in [1.807, 2.05) is 0 Å². The van der Waals surface area contributed by atoms with Crippen LogP contribution in [0.25, 0.3) is 0 Å². The number of rotatable bonds is 3. The smallest absolute Gasteiger partial charge is 0.314 e. The SMILES string of the molecule is Cl.Cl.FC(F)(F)C[C@H](c1cc(C(F)(F)F)ccc1C(F)(F)F)N1CCNCC1. The highest BCUT2D eigenvalue weighted by Gasteiger charge is 2.43. The molecule has 2 nitrogen and oxygen atoms in total. The quantitative estimate of drug-likeness (QED) is 0.594. The van der Waals surface area contributed by atoms with Gasteiger partial charge in [0.15, 0.2) is 0 Å². The number of nitrogens with zero attached hydrogens (tertiary/aromatic N) is 1. The molecule has 0 spiro atoms. The molecule has 1 aliphatic heterocycles. The third-order valence-electron chi connectivity index (χ3n) is 4.06. The number of hydrogen-bond donors (Lipinski definition) is 1. The first kappa shape index (κ1) is 27.1. The molecule has 13 heteroatoms. The molecule has 0 radical (unpaired) electrons. The molecule has 1 aromatic carbocycles. The molecule has 0 bridgehead atoms. The van der Waals surface area contributed by atoms with Gasteiger partial charge in [-0.25, -0.2) is 0 Å². The van der Waals surface area contributed by atoms with Crippen LogP contribution >= 0.6 is 24.8 Å². The van der Waals surface area contributed by atoms with Crippen LogP contribution in [0.1, 0.15) is 29.2 Å². The molecule has 1 aromatic rings. The van der Waals surface area contributed by atoms with Crippen molar-refractivity contribution < 1.29 is 39.5 Å². The Labute approximate surface area is 167 Å². The van der Waals surface area contributed by atoms with E-state index in [1.54, 1.807) is 0 Å². The molecule has 2 rings (SSSR count). The van der Waals surface area contributed by atoms with Crippen molar-refractivity contribution in [2.45, 2.75) is 31.0 Å². The molecule has 0 unspecified atom stereocenters. The zero-order valence-corrected chi connectivity index (χ0v) is 15.6. The van der Waals surface area contributed by atoms with Gasteiger partial charge in [-0.1, -0.05) is 0 Å². The van der Waals surface area contributed by atoms with Gasteiger partial charge in [0.1, 0.15) is 0 Å². The highest BCUT2D eigenvalue weighted by atomic mass is 35.5. The number of halogens is 11. The van der Waals surface area contributed by atoms with Crippen LogP contribution in [-0.2, 0) is 12.4 Å². The van der Waals surface area contributed by atoms with E-state index in [0.29, 0.717) is 0 Å². The Kier molecular flexibility index (Phi) is 9.41. The maximum absolute atomic E-state index is 13.2. The minimum absolute atomic E-state index is 0. The second kappa shape index (κ2) is 9.73. The number of piperazine rings is 1. The van der Waals surface area contributed by atoms with Crippen LogP contribution in [-0.4, -0.2) is 37.3 Å². The second-order valence-electron chi connectivity index (χ2n) is 5.92. The van der Waals surface area contributed by atoms with Gasteiger partial charge in [0.05, 0.1) is 17.5 Å². The van der Waals surface area contributed by atoms with Gasteiger partial charge in [-0.3, -0.25) is 4.90 Å². The third kappa shape index (κ3) is 7.16. The molecule has 0 aromatic heterocycles. The van der Waals surface area contributed by atoms with Crippen molar-refractivity contribution in [1.82, 2.24) is 10.2 Å². The first-order chi connectivity index (χ1) is 11.8. The summed E-state index contributed by atoms with van der Waals surface area (Å²) in [4.78, 5) is 1.13. The van der Waals surface area contributed by atoms with Gasteiger partial charge in [-0.2, -0.15) is 39.5 Å². The highest BCUT2D eigenvalue weighted by molar-refractivity contribution is 5.85. The largest absolute Gasteiger partial charge is 0.416 e. The molecule has 164 valence electrons. The maximum atomic E-state index is 13.2. The molecular weight excluding hydrogens is 450 g/mol. The molecule has 0 amide bonds. The minimum Gasteiger partial charge on any atom is -0.314 e. The second-order valence-corrected chi connectivity index (χ2v) is 5.92. The van der Waals surface area contributed by atoms with Crippen LogP contribution in [0.3, 0.4) is 0 Å². The molecular formula is C15H17Cl2F9N2. The van der Waals surface area contributed by atoms with Crippen LogP contribution in [0.2, 0.25) is 0 Å². The number of alkyl halides is 9. The lowest BCUT2D eigenvalue weighted by Gasteiger charge is -2.37. The van der Waals surface area contributed by atoms with E-state index in [0.717, 1.165) is 4.90 Å². The van der Waals surface area contributed by atoms with Crippen molar-refractivity contribution in [3.63, 3.8) is 0 Å². The Morgan fingerprint density at radius 1 is 0.857 bits per heavy atom. The summed E-state index contributed by atoms with van der Waals surface area (Å²) in [6, 6.07) is -1.24. The van der Waals surface area contributed by atoms with Crippen molar-refractivity contribution in [2.75, 3.05) is 26.2 Å². The normalized spacial score (nSPS) is 17.5. The topological polar surface area (TPSA) is 15.3 Å². The van der Waals surface area contributed by atoms with Crippen molar-refractivity contribution in [1.29, 1.82) is 0 Å². The number of benzene rings is 1. The minimum atomic E-state index is -5.07.